The molecular weight excluding hydrogens is 493 g/mol. The monoisotopic (exact) mass is 516 g/mol. The number of anilines is 2. The first-order valence-corrected chi connectivity index (χ1v) is 11.5. The van der Waals surface area contributed by atoms with Crippen molar-refractivity contribution in [1.29, 1.82) is 0 Å². The van der Waals surface area contributed by atoms with E-state index in [0.717, 1.165) is 11.0 Å². The summed E-state index contributed by atoms with van der Waals surface area (Å²) < 4.78 is 48.3. The summed E-state index contributed by atoms with van der Waals surface area (Å²) in [5.41, 5.74) is 4.22. The van der Waals surface area contributed by atoms with Gasteiger partial charge in [0, 0.05) is 42.6 Å². The van der Waals surface area contributed by atoms with Crippen molar-refractivity contribution in [1.82, 2.24) is 14.8 Å². The quantitative estimate of drug-likeness (QED) is 0.545. The molecule has 3 aromatic rings. The second-order valence-corrected chi connectivity index (χ2v) is 8.83. The number of rotatable bonds is 4. The number of halogens is 3. The molecule has 2 aromatic heterocycles. The number of amides is 2. The second-order valence-electron chi connectivity index (χ2n) is 8.83. The molecule has 1 aromatic carbocycles. The average Bonchev–Trinajstić information content (AvgIpc) is 3.51. The number of hydrogen-bond acceptors (Lipinski definition) is 7. The minimum atomic E-state index is -4.81. The molecule has 1 atom stereocenters. The van der Waals surface area contributed by atoms with Gasteiger partial charge < -0.3 is 20.5 Å². The predicted molar refractivity (Wildman–Crippen MR) is 128 cm³/mol. The van der Waals surface area contributed by atoms with Crippen LogP contribution in [0.25, 0.3) is 16.9 Å². The number of aliphatic hydroxyl groups is 1. The van der Waals surface area contributed by atoms with Crippen LogP contribution in [0.2, 0.25) is 0 Å². The molecule has 2 amide bonds. The summed E-state index contributed by atoms with van der Waals surface area (Å²) >= 11 is 0. The van der Waals surface area contributed by atoms with E-state index in [2.05, 4.69) is 10.1 Å². The van der Waals surface area contributed by atoms with Crippen LogP contribution in [0, 0.1) is 0 Å². The van der Waals surface area contributed by atoms with Crippen molar-refractivity contribution >= 4 is 17.4 Å². The van der Waals surface area contributed by atoms with Crippen molar-refractivity contribution in [2.24, 2.45) is 5.73 Å². The number of ether oxygens (including phenoxy) is 1. The normalized spacial score (nSPS) is 17.3. The number of hydrogen-bond donors (Lipinski definition) is 2. The number of aromatic nitrogens is 3. The van der Waals surface area contributed by atoms with Crippen molar-refractivity contribution in [2.45, 2.75) is 25.1 Å². The predicted octanol–water partition coefficient (Wildman–Crippen LogP) is 2.33. The van der Waals surface area contributed by atoms with E-state index in [4.69, 9.17) is 10.5 Å². The van der Waals surface area contributed by atoms with E-state index in [1.165, 1.54) is 31.6 Å². The lowest BCUT2D eigenvalue weighted by atomic mass is 10.1. The van der Waals surface area contributed by atoms with Crippen molar-refractivity contribution in [2.75, 3.05) is 36.5 Å². The highest BCUT2D eigenvalue weighted by atomic mass is 19.4. The molecule has 0 saturated carbocycles. The standard InChI is InChI=1S/C24H23F3N6O4/c1-37-16-8-13(10-29-11-16)20-17-5-7-32(23(28)36)21(17)22(35)33(30-20)19-9-14(31-6-4-15(34)12-31)2-3-18(19)24(25,26)27/h2-3,8-11,15,34H,4-7,12H2,1H3,(H2,28,36). The molecule has 194 valence electrons. The van der Waals surface area contributed by atoms with Crippen LogP contribution in [0.1, 0.15) is 17.5 Å². The molecule has 2 aliphatic heterocycles. The number of urea groups is 1. The van der Waals surface area contributed by atoms with Gasteiger partial charge in [0.1, 0.15) is 11.4 Å². The van der Waals surface area contributed by atoms with Crippen molar-refractivity contribution in [3.63, 3.8) is 0 Å². The second kappa shape index (κ2) is 9.07. The molecule has 4 heterocycles. The topological polar surface area (TPSA) is 127 Å². The summed E-state index contributed by atoms with van der Waals surface area (Å²) in [4.78, 5) is 32.6. The van der Waals surface area contributed by atoms with Gasteiger partial charge in [0.15, 0.2) is 0 Å². The third-order valence-corrected chi connectivity index (χ3v) is 6.55. The Morgan fingerprint density at radius 2 is 2.00 bits per heavy atom. The number of primary amides is 1. The van der Waals surface area contributed by atoms with E-state index < -0.39 is 35.1 Å². The molecule has 3 N–H and O–H groups in total. The zero-order valence-electron chi connectivity index (χ0n) is 19.7. The van der Waals surface area contributed by atoms with Crippen molar-refractivity contribution < 1.29 is 27.8 Å². The van der Waals surface area contributed by atoms with Gasteiger partial charge in [-0.1, -0.05) is 0 Å². The Bertz CT molecular complexity index is 1440. The van der Waals surface area contributed by atoms with Crippen LogP contribution >= 0.6 is 0 Å². The first kappa shape index (κ1) is 24.6. The summed E-state index contributed by atoms with van der Waals surface area (Å²) in [5.74, 6) is 0.376. The van der Waals surface area contributed by atoms with Gasteiger partial charge in [0.25, 0.3) is 5.56 Å². The maximum absolute atomic E-state index is 14.1. The van der Waals surface area contributed by atoms with Gasteiger partial charge >= 0.3 is 12.2 Å². The smallest absolute Gasteiger partial charge is 0.418 e. The zero-order chi connectivity index (χ0) is 26.5. The van der Waals surface area contributed by atoms with E-state index >= 15 is 0 Å². The number of aliphatic hydroxyl groups excluding tert-OH is 1. The van der Waals surface area contributed by atoms with E-state index in [1.54, 1.807) is 11.0 Å². The molecule has 13 heteroatoms. The average molecular weight is 516 g/mol. The molecule has 5 rings (SSSR count). The van der Waals surface area contributed by atoms with Crippen LogP contribution in [0.3, 0.4) is 0 Å². The molecule has 0 bridgehead atoms. The lowest BCUT2D eigenvalue weighted by Crippen LogP contribution is -2.39. The van der Waals surface area contributed by atoms with Crippen LogP contribution in [-0.2, 0) is 12.6 Å². The van der Waals surface area contributed by atoms with E-state index in [-0.39, 0.29) is 30.9 Å². The number of carbonyl (C=O) groups excluding carboxylic acids is 1. The molecule has 1 fully saturated rings. The summed E-state index contributed by atoms with van der Waals surface area (Å²) in [5, 5.41) is 14.3. The molecule has 37 heavy (non-hydrogen) atoms. The molecule has 1 unspecified atom stereocenters. The summed E-state index contributed by atoms with van der Waals surface area (Å²) in [7, 11) is 1.44. The van der Waals surface area contributed by atoms with E-state index in [9.17, 15) is 27.9 Å². The lowest BCUT2D eigenvalue weighted by Gasteiger charge is -2.22. The van der Waals surface area contributed by atoms with Gasteiger partial charge in [-0.25, -0.2) is 4.79 Å². The SMILES string of the molecule is COc1cncc(-c2nn(-c3cc(N4CCC(O)C4)ccc3C(F)(F)F)c(=O)c3c2CCN3C(N)=O)c1. The Morgan fingerprint density at radius 1 is 1.22 bits per heavy atom. The van der Waals surface area contributed by atoms with Crippen LogP contribution in [0.5, 0.6) is 5.75 Å². The number of benzene rings is 1. The fraction of sp³-hybridized carbons (Fsp3) is 0.333. The fourth-order valence-electron chi connectivity index (χ4n) is 4.78. The number of pyridine rings is 1. The van der Waals surface area contributed by atoms with Gasteiger partial charge in [0.05, 0.1) is 36.4 Å². The Balaban J connectivity index is 1.79. The van der Waals surface area contributed by atoms with Gasteiger partial charge in [0.2, 0.25) is 0 Å². The zero-order valence-corrected chi connectivity index (χ0v) is 19.7. The lowest BCUT2D eigenvalue weighted by molar-refractivity contribution is -0.137. The van der Waals surface area contributed by atoms with Gasteiger partial charge in [-0.3, -0.25) is 14.7 Å². The fourth-order valence-corrected chi connectivity index (χ4v) is 4.78. The van der Waals surface area contributed by atoms with E-state index in [1.807, 2.05) is 0 Å². The third-order valence-electron chi connectivity index (χ3n) is 6.55. The number of β-amino-alcohol motifs (C(OH)–C–C–N with tert-alkyl or cyclic N) is 1. The number of carbonyl (C=O) groups is 1. The Kier molecular flexibility index (Phi) is 6.02. The summed E-state index contributed by atoms with van der Waals surface area (Å²) in [6, 6.07) is 4.09. The Labute approximate surface area is 208 Å². The number of nitrogens with zero attached hydrogens (tertiary/aromatic N) is 5. The van der Waals surface area contributed by atoms with Gasteiger partial charge in [-0.2, -0.15) is 23.0 Å². The molecule has 2 aliphatic rings. The molecule has 0 aliphatic carbocycles. The largest absolute Gasteiger partial charge is 0.495 e. The minimum absolute atomic E-state index is 0.0772. The molecule has 10 nitrogen and oxygen atoms in total. The molecule has 1 saturated heterocycles. The van der Waals surface area contributed by atoms with Crippen LogP contribution in [0.4, 0.5) is 29.3 Å². The van der Waals surface area contributed by atoms with Crippen LogP contribution in [0.15, 0.2) is 41.5 Å². The Morgan fingerprint density at radius 3 is 2.65 bits per heavy atom. The third kappa shape index (κ3) is 4.35. The highest BCUT2D eigenvalue weighted by Gasteiger charge is 2.37. The number of methoxy groups -OCH3 is 1. The van der Waals surface area contributed by atoms with Crippen molar-refractivity contribution in [3.05, 3.63) is 58.1 Å². The van der Waals surface area contributed by atoms with Gasteiger partial charge in [-0.05, 0) is 37.1 Å². The molecule has 0 radical (unpaired) electrons. The number of alkyl halides is 3. The summed E-state index contributed by atoms with van der Waals surface area (Å²) in [6.45, 7) is 0.760. The number of fused-ring (bicyclic) bond motifs is 1. The van der Waals surface area contributed by atoms with Crippen molar-refractivity contribution in [3.8, 4) is 22.7 Å². The number of nitrogens with two attached hydrogens (primary N) is 1. The molecular formula is C24H23F3N6O4. The van der Waals surface area contributed by atoms with Crippen LogP contribution < -0.4 is 25.8 Å². The maximum Gasteiger partial charge on any atom is 0.418 e. The van der Waals surface area contributed by atoms with E-state index in [0.29, 0.717) is 40.2 Å². The first-order chi connectivity index (χ1) is 17.6. The maximum atomic E-state index is 14.1. The first-order valence-electron chi connectivity index (χ1n) is 11.5. The Hall–Kier alpha value is -4.13. The highest BCUT2D eigenvalue weighted by Crippen LogP contribution is 2.38. The minimum Gasteiger partial charge on any atom is -0.495 e. The van der Waals surface area contributed by atoms with Crippen LogP contribution in [-0.4, -0.2) is 58.8 Å². The summed E-state index contributed by atoms with van der Waals surface area (Å²) in [6.07, 6.45) is -1.83. The highest BCUT2D eigenvalue weighted by molar-refractivity contribution is 5.94. The van der Waals surface area contributed by atoms with Gasteiger partial charge in [-0.15, -0.1) is 0 Å². The molecule has 0 spiro atoms.